The largest absolute Gasteiger partial charge is 0.468 e. The van der Waals surface area contributed by atoms with Crippen molar-refractivity contribution in [3.8, 4) is 0 Å². The molecule has 1 heterocycles. The molecule has 122 valence electrons. The number of methoxy groups -OCH3 is 1. The Morgan fingerprint density at radius 1 is 1.32 bits per heavy atom. The van der Waals surface area contributed by atoms with Gasteiger partial charge in [-0.25, -0.2) is 8.42 Å². The monoisotopic (exact) mass is 337 g/mol. The number of carbonyl (C=O) groups is 1. The molecule has 22 heavy (non-hydrogen) atoms. The van der Waals surface area contributed by atoms with Crippen LogP contribution < -0.4 is 5.32 Å². The molecule has 1 saturated heterocycles. The number of ether oxygens (including phenoxy) is 1. The Hall–Kier alpha value is -1.61. The van der Waals surface area contributed by atoms with Crippen molar-refractivity contribution in [2.45, 2.75) is 28.8 Å². The van der Waals surface area contributed by atoms with Gasteiger partial charge in [0.1, 0.15) is 6.04 Å². The van der Waals surface area contributed by atoms with Crippen molar-refractivity contribution in [2.24, 2.45) is 0 Å². The number of halogens is 3. The number of nitrogens with one attached hydrogen (secondary N) is 1. The predicted octanol–water partition coefficient (Wildman–Crippen LogP) is 1.38. The zero-order valence-corrected chi connectivity index (χ0v) is 12.4. The standard InChI is InChI=1S/C13H14F3NO4S/c1-21-12(18)10-6-8(7-17-10)22(19,20)11-5-3-2-4-9(11)13(14,15)16/h2-5,8,10,17H,6-7H2,1H3/t8-,10-/m0/s1. The molecule has 0 radical (unpaired) electrons. The van der Waals surface area contributed by atoms with Crippen LogP contribution in [-0.2, 0) is 25.5 Å². The second-order valence-corrected chi connectivity index (χ2v) is 7.08. The Morgan fingerprint density at radius 3 is 2.55 bits per heavy atom. The van der Waals surface area contributed by atoms with Gasteiger partial charge in [0.2, 0.25) is 0 Å². The lowest BCUT2D eigenvalue weighted by Gasteiger charge is -2.16. The number of alkyl halides is 3. The van der Waals surface area contributed by atoms with Gasteiger partial charge < -0.3 is 10.1 Å². The smallest absolute Gasteiger partial charge is 0.417 e. The topological polar surface area (TPSA) is 72.5 Å². The Kier molecular flexibility index (Phi) is 4.48. The summed E-state index contributed by atoms with van der Waals surface area (Å²) in [5.41, 5.74) is -1.20. The predicted molar refractivity (Wildman–Crippen MR) is 70.8 cm³/mol. The van der Waals surface area contributed by atoms with E-state index >= 15 is 0 Å². The average Bonchev–Trinajstić information content (AvgIpc) is 2.96. The van der Waals surface area contributed by atoms with Crippen molar-refractivity contribution in [3.05, 3.63) is 29.8 Å². The van der Waals surface area contributed by atoms with Crippen molar-refractivity contribution >= 4 is 15.8 Å². The summed E-state index contributed by atoms with van der Waals surface area (Å²) in [7, 11) is -3.06. The first-order valence-electron chi connectivity index (χ1n) is 6.39. The van der Waals surface area contributed by atoms with E-state index in [2.05, 4.69) is 10.1 Å². The van der Waals surface area contributed by atoms with E-state index in [0.29, 0.717) is 0 Å². The molecule has 5 nitrogen and oxygen atoms in total. The number of esters is 1. The van der Waals surface area contributed by atoms with E-state index in [0.717, 1.165) is 25.3 Å². The lowest BCUT2D eigenvalue weighted by Crippen LogP contribution is -2.31. The van der Waals surface area contributed by atoms with Crippen LogP contribution in [0.15, 0.2) is 29.2 Å². The first-order chi connectivity index (χ1) is 10.2. The summed E-state index contributed by atoms with van der Waals surface area (Å²) in [5.74, 6) is -0.637. The molecule has 1 N–H and O–H groups in total. The number of sulfone groups is 1. The van der Waals surface area contributed by atoms with Gasteiger partial charge in [-0.05, 0) is 18.6 Å². The number of rotatable bonds is 3. The van der Waals surface area contributed by atoms with E-state index in [1.165, 1.54) is 6.07 Å². The van der Waals surface area contributed by atoms with E-state index < -0.39 is 43.7 Å². The zero-order chi connectivity index (χ0) is 16.5. The summed E-state index contributed by atoms with van der Waals surface area (Å²) >= 11 is 0. The second kappa shape index (κ2) is 5.88. The van der Waals surface area contributed by atoms with Crippen LogP contribution >= 0.6 is 0 Å². The van der Waals surface area contributed by atoms with Crippen LogP contribution in [0.1, 0.15) is 12.0 Å². The molecule has 1 aromatic carbocycles. The molecule has 1 aliphatic rings. The number of benzene rings is 1. The molecule has 0 unspecified atom stereocenters. The Labute approximate surface area is 125 Å². The fourth-order valence-electron chi connectivity index (χ4n) is 2.39. The summed E-state index contributed by atoms with van der Waals surface area (Å²) in [6.07, 6.45) is -4.89. The highest BCUT2D eigenvalue weighted by Gasteiger charge is 2.43. The molecule has 0 saturated carbocycles. The average molecular weight is 337 g/mol. The van der Waals surface area contributed by atoms with Crippen LogP contribution in [0.4, 0.5) is 13.2 Å². The summed E-state index contributed by atoms with van der Waals surface area (Å²) in [6.45, 7) is -0.103. The van der Waals surface area contributed by atoms with E-state index in [-0.39, 0.29) is 13.0 Å². The van der Waals surface area contributed by atoms with Crippen LogP contribution in [0.2, 0.25) is 0 Å². The Balaban J connectivity index is 2.35. The molecular weight excluding hydrogens is 323 g/mol. The molecule has 1 aliphatic heterocycles. The van der Waals surface area contributed by atoms with E-state index in [1.807, 2.05) is 0 Å². The van der Waals surface area contributed by atoms with Gasteiger partial charge >= 0.3 is 12.1 Å². The molecule has 2 atom stereocenters. The summed E-state index contributed by atoms with van der Waals surface area (Å²) < 4.78 is 68.3. The van der Waals surface area contributed by atoms with Crippen molar-refractivity contribution in [2.75, 3.05) is 13.7 Å². The van der Waals surface area contributed by atoms with E-state index in [9.17, 15) is 26.4 Å². The highest BCUT2D eigenvalue weighted by molar-refractivity contribution is 7.92. The molecule has 9 heteroatoms. The quantitative estimate of drug-likeness (QED) is 0.844. The van der Waals surface area contributed by atoms with Gasteiger partial charge in [0, 0.05) is 6.54 Å². The number of hydrogen-bond acceptors (Lipinski definition) is 5. The fourth-order valence-corrected chi connectivity index (χ4v) is 4.27. The second-order valence-electron chi connectivity index (χ2n) is 4.88. The maximum Gasteiger partial charge on any atom is 0.417 e. The molecule has 2 rings (SSSR count). The molecular formula is C13H14F3NO4S. The highest BCUT2D eigenvalue weighted by atomic mass is 32.2. The molecule has 0 aliphatic carbocycles. The molecule has 0 aromatic heterocycles. The summed E-state index contributed by atoms with van der Waals surface area (Å²) in [6, 6.07) is 3.20. The fraction of sp³-hybridized carbons (Fsp3) is 0.462. The first-order valence-corrected chi connectivity index (χ1v) is 7.94. The van der Waals surface area contributed by atoms with E-state index in [4.69, 9.17) is 0 Å². The summed E-state index contributed by atoms with van der Waals surface area (Å²) in [5, 5.41) is 1.55. The van der Waals surface area contributed by atoms with Crippen molar-refractivity contribution in [1.29, 1.82) is 0 Å². The summed E-state index contributed by atoms with van der Waals surface area (Å²) in [4.78, 5) is 10.6. The molecule has 0 bridgehead atoms. The van der Waals surface area contributed by atoms with Gasteiger partial charge in [0.05, 0.1) is 22.8 Å². The zero-order valence-electron chi connectivity index (χ0n) is 11.6. The number of hydrogen-bond donors (Lipinski definition) is 1. The number of carbonyl (C=O) groups excluding carboxylic acids is 1. The Bertz CT molecular complexity index is 672. The maximum atomic E-state index is 13.0. The van der Waals surface area contributed by atoms with Gasteiger partial charge in [-0.3, -0.25) is 4.79 Å². The third-order valence-corrected chi connectivity index (χ3v) is 5.72. The van der Waals surface area contributed by atoms with Crippen LogP contribution in [0, 0.1) is 0 Å². The Morgan fingerprint density at radius 2 is 1.95 bits per heavy atom. The molecule has 1 fully saturated rings. The van der Waals surface area contributed by atoms with Crippen LogP contribution in [0.5, 0.6) is 0 Å². The first kappa shape index (κ1) is 16.8. The van der Waals surface area contributed by atoms with Gasteiger partial charge in [-0.1, -0.05) is 12.1 Å². The third-order valence-electron chi connectivity index (χ3n) is 3.51. The molecule has 0 amide bonds. The van der Waals surface area contributed by atoms with Crippen LogP contribution in [0.25, 0.3) is 0 Å². The lowest BCUT2D eigenvalue weighted by atomic mass is 10.2. The minimum absolute atomic E-state index is 0.103. The minimum Gasteiger partial charge on any atom is -0.468 e. The van der Waals surface area contributed by atoms with Crippen LogP contribution in [-0.4, -0.2) is 39.3 Å². The normalized spacial score (nSPS) is 22.5. The highest BCUT2D eigenvalue weighted by Crippen LogP contribution is 2.36. The molecule has 1 aromatic rings. The molecule has 0 spiro atoms. The van der Waals surface area contributed by atoms with Crippen molar-refractivity contribution in [3.63, 3.8) is 0 Å². The van der Waals surface area contributed by atoms with Crippen LogP contribution in [0.3, 0.4) is 0 Å². The van der Waals surface area contributed by atoms with Gasteiger partial charge in [-0.2, -0.15) is 13.2 Å². The lowest BCUT2D eigenvalue weighted by molar-refractivity contribution is -0.142. The van der Waals surface area contributed by atoms with Crippen molar-refractivity contribution < 1.29 is 31.1 Å². The van der Waals surface area contributed by atoms with E-state index in [1.54, 1.807) is 0 Å². The maximum absolute atomic E-state index is 13.0. The van der Waals surface area contributed by atoms with Crippen molar-refractivity contribution in [1.82, 2.24) is 5.32 Å². The van der Waals surface area contributed by atoms with Gasteiger partial charge in [0.25, 0.3) is 0 Å². The van der Waals surface area contributed by atoms with Gasteiger partial charge in [0.15, 0.2) is 9.84 Å². The SMILES string of the molecule is COC(=O)[C@@H]1C[C@H](S(=O)(=O)c2ccccc2C(F)(F)F)CN1. The van der Waals surface area contributed by atoms with Gasteiger partial charge in [-0.15, -0.1) is 0 Å². The minimum atomic E-state index is -4.77. The third kappa shape index (κ3) is 3.09.